The fourth-order valence-electron chi connectivity index (χ4n) is 5.12. The van der Waals surface area contributed by atoms with Gasteiger partial charge in [0, 0.05) is 19.4 Å². The average Bonchev–Trinajstić information content (AvgIpc) is 3.02. The van der Waals surface area contributed by atoms with Crippen molar-refractivity contribution in [2.24, 2.45) is 7.05 Å². The number of Topliss-reactive ketones (excluding diaryl/α,β-unsaturated/α-hetero) is 2. The SMILES string of the molecule is Cn1c(=O)n2n(c1=O)[C@@H]1C[C@@]3(Cl)C(=O)C(Cl)=C(Cl)C(=O)[C@@]3(Cl)[C@@H](c3ccc(O)cc3)C1=CC2. The predicted molar refractivity (Wildman–Crippen MR) is 122 cm³/mol. The van der Waals surface area contributed by atoms with Gasteiger partial charge in [0.25, 0.3) is 0 Å². The minimum atomic E-state index is -2.07. The van der Waals surface area contributed by atoms with Crippen LogP contribution in [0.4, 0.5) is 0 Å². The largest absolute Gasteiger partial charge is 0.508 e. The maximum Gasteiger partial charge on any atom is 0.347 e. The second kappa shape index (κ2) is 7.12. The molecule has 1 saturated carbocycles. The molecule has 33 heavy (non-hydrogen) atoms. The lowest BCUT2D eigenvalue weighted by atomic mass is 9.59. The van der Waals surface area contributed by atoms with Gasteiger partial charge in [0.2, 0.25) is 0 Å². The van der Waals surface area contributed by atoms with Crippen molar-refractivity contribution in [1.82, 2.24) is 13.9 Å². The van der Waals surface area contributed by atoms with Crippen molar-refractivity contribution in [3.63, 3.8) is 0 Å². The number of phenolic OH excluding ortho intramolecular Hbond substituents is 1. The van der Waals surface area contributed by atoms with Crippen LogP contribution in [0.2, 0.25) is 0 Å². The molecule has 0 bridgehead atoms. The number of halogens is 4. The lowest BCUT2D eigenvalue weighted by Gasteiger charge is -2.54. The normalized spacial score (nSPS) is 31.1. The number of hydrogen-bond acceptors (Lipinski definition) is 5. The number of rotatable bonds is 1. The number of carbonyl (C=O) groups excluding carboxylic acids is 2. The van der Waals surface area contributed by atoms with Gasteiger partial charge in [-0.3, -0.25) is 9.59 Å². The summed E-state index contributed by atoms with van der Waals surface area (Å²) in [6, 6.07) is 5.05. The molecule has 1 aliphatic heterocycles. The van der Waals surface area contributed by atoms with Crippen LogP contribution in [-0.2, 0) is 23.2 Å². The molecule has 0 radical (unpaired) electrons. The Kier molecular flexibility index (Phi) is 4.86. The maximum absolute atomic E-state index is 13.5. The first kappa shape index (κ1) is 22.5. The second-order valence-corrected chi connectivity index (χ2v) is 10.3. The van der Waals surface area contributed by atoms with E-state index in [4.69, 9.17) is 46.4 Å². The number of phenols is 1. The summed E-state index contributed by atoms with van der Waals surface area (Å²) in [5.41, 5.74) is -0.137. The Labute approximate surface area is 206 Å². The Hall–Kier alpha value is -2.26. The quantitative estimate of drug-likeness (QED) is 0.450. The fraction of sp³-hybridized carbons (Fsp3) is 0.333. The molecule has 4 atom stereocenters. The molecule has 5 rings (SSSR count). The summed E-state index contributed by atoms with van der Waals surface area (Å²) < 4.78 is 3.43. The van der Waals surface area contributed by atoms with Gasteiger partial charge >= 0.3 is 11.4 Å². The second-order valence-electron chi connectivity index (χ2n) is 8.30. The highest BCUT2D eigenvalue weighted by molar-refractivity contribution is 6.66. The van der Waals surface area contributed by atoms with Crippen molar-refractivity contribution in [2.75, 3.05) is 0 Å². The zero-order chi connectivity index (χ0) is 24.0. The molecule has 1 aromatic heterocycles. The third kappa shape index (κ3) is 2.66. The van der Waals surface area contributed by atoms with E-state index in [9.17, 15) is 24.3 Å². The first-order valence-electron chi connectivity index (χ1n) is 9.85. The van der Waals surface area contributed by atoms with Gasteiger partial charge in [0.1, 0.15) is 25.6 Å². The van der Waals surface area contributed by atoms with Gasteiger partial charge < -0.3 is 5.11 Å². The van der Waals surface area contributed by atoms with E-state index in [1.54, 1.807) is 18.2 Å². The third-order valence-corrected chi connectivity index (χ3v) is 8.97. The van der Waals surface area contributed by atoms with Crippen molar-refractivity contribution < 1.29 is 14.7 Å². The summed E-state index contributed by atoms with van der Waals surface area (Å²) in [6.07, 6.45) is 1.43. The molecule has 0 saturated heterocycles. The van der Waals surface area contributed by atoms with Crippen LogP contribution >= 0.6 is 46.4 Å². The topological polar surface area (TPSA) is 103 Å². The van der Waals surface area contributed by atoms with Crippen LogP contribution in [-0.4, -0.2) is 40.4 Å². The van der Waals surface area contributed by atoms with Gasteiger partial charge in [-0.25, -0.2) is 23.5 Å². The number of allylic oxidation sites excluding steroid dienone is 4. The number of aromatic hydroxyl groups is 1. The zero-order valence-corrected chi connectivity index (χ0v) is 19.9. The van der Waals surface area contributed by atoms with Crippen molar-refractivity contribution in [1.29, 1.82) is 0 Å². The number of benzene rings is 1. The van der Waals surface area contributed by atoms with E-state index in [0.717, 1.165) is 4.57 Å². The van der Waals surface area contributed by atoms with E-state index in [1.807, 2.05) is 0 Å². The molecule has 172 valence electrons. The van der Waals surface area contributed by atoms with Crippen molar-refractivity contribution in [2.45, 2.75) is 34.7 Å². The molecular formula is C21H15Cl4N3O5. The monoisotopic (exact) mass is 529 g/mol. The molecule has 0 spiro atoms. The van der Waals surface area contributed by atoms with E-state index >= 15 is 0 Å². The average molecular weight is 531 g/mol. The molecule has 2 aromatic rings. The molecule has 1 N–H and O–H groups in total. The molecule has 2 heterocycles. The number of nitrogens with zero attached hydrogens (tertiary/aromatic N) is 3. The highest BCUT2D eigenvalue weighted by Gasteiger charge is 2.71. The van der Waals surface area contributed by atoms with Crippen molar-refractivity contribution in [3.05, 3.63) is 72.5 Å². The molecule has 1 aromatic carbocycles. The minimum Gasteiger partial charge on any atom is -0.508 e. The van der Waals surface area contributed by atoms with Crippen LogP contribution in [0.5, 0.6) is 5.75 Å². The molecule has 0 amide bonds. The number of fused-ring (bicyclic) bond motifs is 4. The molecule has 2 aliphatic carbocycles. The number of hydrogen-bond donors (Lipinski definition) is 1. The molecule has 3 aliphatic rings. The smallest absolute Gasteiger partial charge is 0.347 e. The van der Waals surface area contributed by atoms with Crippen LogP contribution in [0.1, 0.15) is 23.9 Å². The standard InChI is InChI=1S/C21H15Cl4N3O5/c1-26-18(32)27-7-6-11-12(28(27)19(26)33)8-20(24)16(30)14(22)15(23)17(31)21(20,25)13(11)9-2-4-10(29)5-3-9/h2-6,12-13,29H,7-8H2,1H3/t12-,13+,20-,21+/m1/s1. The van der Waals surface area contributed by atoms with Crippen LogP contribution < -0.4 is 11.4 Å². The highest BCUT2D eigenvalue weighted by Crippen LogP contribution is 2.63. The van der Waals surface area contributed by atoms with Crippen LogP contribution in [0, 0.1) is 0 Å². The summed E-state index contributed by atoms with van der Waals surface area (Å²) in [7, 11) is 1.35. The van der Waals surface area contributed by atoms with Crippen LogP contribution in [0.3, 0.4) is 0 Å². The fourth-order valence-corrected chi connectivity index (χ4v) is 6.64. The van der Waals surface area contributed by atoms with Gasteiger partial charge in [-0.05, 0) is 23.3 Å². The van der Waals surface area contributed by atoms with E-state index in [1.165, 1.54) is 28.5 Å². The van der Waals surface area contributed by atoms with Gasteiger partial charge in [0.05, 0.1) is 12.6 Å². The Morgan fingerprint density at radius 2 is 1.58 bits per heavy atom. The molecule has 8 nitrogen and oxygen atoms in total. The summed E-state index contributed by atoms with van der Waals surface area (Å²) in [4.78, 5) is 48.2. The number of carbonyl (C=O) groups is 2. The lowest BCUT2D eigenvalue weighted by Crippen LogP contribution is -2.67. The number of ketones is 2. The minimum absolute atomic E-state index is 0.0235. The lowest BCUT2D eigenvalue weighted by molar-refractivity contribution is -0.128. The van der Waals surface area contributed by atoms with E-state index in [2.05, 4.69) is 0 Å². The van der Waals surface area contributed by atoms with Gasteiger partial charge in [-0.15, -0.1) is 23.2 Å². The Morgan fingerprint density at radius 1 is 0.970 bits per heavy atom. The van der Waals surface area contributed by atoms with Crippen molar-refractivity contribution >= 4 is 58.0 Å². The van der Waals surface area contributed by atoms with E-state index < -0.39 is 54.7 Å². The summed E-state index contributed by atoms with van der Waals surface area (Å²) >= 11 is 26.2. The summed E-state index contributed by atoms with van der Waals surface area (Å²) in [5.74, 6) is -2.69. The molecular weight excluding hydrogens is 516 g/mol. The predicted octanol–water partition coefficient (Wildman–Crippen LogP) is 2.52. The van der Waals surface area contributed by atoms with Gasteiger partial charge in [-0.2, -0.15) is 0 Å². The van der Waals surface area contributed by atoms with Gasteiger partial charge in [-0.1, -0.05) is 41.4 Å². The number of aromatic nitrogens is 3. The Bertz CT molecular complexity index is 1430. The number of alkyl halides is 2. The third-order valence-electron chi connectivity index (χ3n) is 6.72. The molecule has 12 heteroatoms. The molecule has 1 fully saturated rings. The van der Waals surface area contributed by atoms with Gasteiger partial charge in [0.15, 0.2) is 11.6 Å². The first-order chi connectivity index (χ1) is 15.4. The Balaban J connectivity index is 1.85. The Morgan fingerprint density at radius 3 is 2.21 bits per heavy atom. The summed E-state index contributed by atoms with van der Waals surface area (Å²) in [5, 5.41) is 8.74. The van der Waals surface area contributed by atoms with E-state index in [-0.39, 0.29) is 18.7 Å². The zero-order valence-electron chi connectivity index (χ0n) is 16.9. The summed E-state index contributed by atoms with van der Waals surface area (Å²) in [6.45, 7) is 0.0457. The molecule has 0 unspecified atom stereocenters. The van der Waals surface area contributed by atoms with E-state index in [0.29, 0.717) is 11.1 Å². The van der Waals surface area contributed by atoms with Crippen LogP contribution in [0.15, 0.2) is 55.6 Å². The highest BCUT2D eigenvalue weighted by atomic mass is 35.5. The first-order valence-corrected chi connectivity index (χ1v) is 11.4. The maximum atomic E-state index is 13.5. The van der Waals surface area contributed by atoms with Crippen LogP contribution in [0.25, 0.3) is 0 Å². The van der Waals surface area contributed by atoms with Crippen molar-refractivity contribution in [3.8, 4) is 5.75 Å².